The molecule has 1 aromatic carbocycles. The van der Waals surface area contributed by atoms with Gasteiger partial charge in [-0.15, -0.1) is 0 Å². The number of allylic oxidation sites excluding steroid dienone is 3. The van der Waals surface area contributed by atoms with E-state index in [0.29, 0.717) is 19.3 Å². The van der Waals surface area contributed by atoms with E-state index in [1.165, 1.54) is 11.0 Å². The molecule has 1 saturated carbocycles. The SMILES string of the molecule is CC/C(=C\C=C(/C)CC(=O)NC)N1C(=S)N(c2ccc(C#N)c(C(F)(F)F)c2)C(O)C12CCC2. The number of aliphatic hydroxyl groups is 1. The van der Waals surface area contributed by atoms with Crippen molar-refractivity contribution in [2.24, 2.45) is 0 Å². The van der Waals surface area contributed by atoms with Gasteiger partial charge in [-0.3, -0.25) is 9.69 Å². The molecule has 2 aliphatic rings. The minimum Gasteiger partial charge on any atom is -0.371 e. The summed E-state index contributed by atoms with van der Waals surface area (Å²) in [7, 11) is 1.56. The highest BCUT2D eigenvalue weighted by molar-refractivity contribution is 7.80. The average Bonchev–Trinajstić information content (AvgIpc) is 3.00. The van der Waals surface area contributed by atoms with Crippen LogP contribution in [-0.2, 0) is 11.0 Å². The first-order valence-electron chi connectivity index (χ1n) is 11.0. The second-order valence-corrected chi connectivity index (χ2v) is 8.90. The Morgan fingerprint density at radius 3 is 2.56 bits per heavy atom. The van der Waals surface area contributed by atoms with E-state index < -0.39 is 29.1 Å². The third-order valence-electron chi connectivity index (χ3n) is 6.42. The summed E-state index contributed by atoms with van der Waals surface area (Å²) in [6, 6.07) is 4.92. The fourth-order valence-corrected chi connectivity index (χ4v) is 4.95. The lowest BCUT2D eigenvalue weighted by atomic mass is 9.74. The van der Waals surface area contributed by atoms with Crippen LogP contribution in [0.15, 0.2) is 41.6 Å². The van der Waals surface area contributed by atoms with Crippen molar-refractivity contribution in [2.45, 2.75) is 63.9 Å². The van der Waals surface area contributed by atoms with Gasteiger partial charge >= 0.3 is 6.18 Å². The Morgan fingerprint density at radius 2 is 2.06 bits per heavy atom. The number of nitrogens with zero attached hydrogens (tertiary/aromatic N) is 3. The fourth-order valence-electron chi connectivity index (χ4n) is 4.44. The van der Waals surface area contributed by atoms with Gasteiger partial charge in [0, 0.05) is 24.9 Å². The Hall–Kier alpha value is -2.90. The largest absolute Gasteiger partial charge is 0.417 e. The molecule has 0 radical (unpaired) electrons. The smallest absolute Gasteiger partial charge is 0.371 e. The number of aliphatic hydroxyl groups excluding tert-OH is 1. The van der Waals surface area contributed by atoms with Crippen molar-refractivity contribution in [3.63, 3.8) is 0 Å². The highest BCUT2D eigenvalue weighted by Gasteiger charge is 2.59. The summed E-state index contributed by atoms with van der Waals surface area (Å²) in [5.74, 6) is -0.116. The van der Waals surface area contributed by atoms with Crippen LogP contribution in [0.1, 0.15) is 57.1 Å². The molecule has 3 rings (SSSR count). The van der Waals surface area contributed by atoms with E-state index >= 15 is 0 Å². The molecule has 34 heavy (non-hydrogen) atoms. The van der Waals surface area contributed by atoms with E-state index in [4.69, 9.17) is 17.5 Å². The summed E-state index contributed by atoms with van der Waals surface area (Å²) in [4.78, 5) is 14.8. The summed E-state index contributed by atoms with van der Waals surface area (Å²) < 4.78 is 40.7. The van der Waals surface area contributed by atoms with E-state index in [1.807, 2.05) is 30.9 Å². The van der Waals surface area contributed by atoms with Crippen LogP contribution < -0.4 is 10.2 Å². The molecule has 182 valence electrons. The molecule has 1 spiro atoms. The lowest BCUT2D eigenvalue weighted by Crippen LogP contribution is -2.56. The van der Waals surface area contributed by atoms with Gasteiger partial charge in [0.25, 0.3) is 0 Å². The number of anilines is 1. The van der Waals surface area contributed by atoms with Crippen molar-refractivity contribution in [3.05, 3.63) is 52.7 Å². The van der Waals surface area contributed by atoms with E-state index in [0.717, 1.165) is 29.8 Å². The number of hydrogen-bond donors (Lipinski definition) is 2. The van der Waals surface area contributed by atoms with E-state index in [1.54, 1.807) is 13.1 Å². The molecule has 1 aliphatic carbocycles. The standard InChI is InChI=1S/C24H27F3N4O2S/c1-4-17(8-6-15(2)12-20(32)29-3)31-22(34)30(21(33)23(31)10-5-11-23)18-9-7-16(14-28)19(13-18)24(25,26)27/h6-9,13,21,33H,4-5,10-12H2,1-3H3,(H,29,32)/b15-6+,17-8+. The Labute approximate surface area is 202 Å². The molecule has 1 saturated heterocycles. The molecular weight excluding hydrogens is 465 g/mol. The van der Waals surface area contributed by atoms with Crippen LogP contribution in [-0.4, -0.2) is 39.8 Å². The first-order chi connectivity index (χ1) is 16.0. The number of hydrogen-bond acceptors (Lipinski definition) is 4. The van der Waals surface area contributed by atoms with Gasteiger partial charge in [0.2, 0.25) is 5.91 Å². The third-order valence-corrected chi connectivity index (χ3v) is 6.80. The number of thiocarbonyl (C=S) groups is 1. The molecule has 1 aromatic rings. The number of halogens is 3. The zero-order valence-electron chi connectivity index (χ0n) is 19.2. The summed E-state index contributed by atoms with van der Waals surface area (Å²) in [6.45, 7) is 3.76. The van der Waals surface area contributed by atoms with Gasteiger partial charge in [-0.25, -0.2) is 0 Å². The predicted molar refractivity (Wildman–Crippen MR) is 126 cm³/mol. The van der Waals surface area contributed by atoms with Gasteiger partial charge in [-0.1, -0.05) is 18.6 Å². The molecule has 1 heterocycles. The predicted octanol–water partition coefficient (Wildman–Crippen LogP) is 4.60. The Morgan fingerprint density at radius 1 is 1.38 bits per heavy atom. The summed E-state index contributed by atoms with van der Waals surface area (Å²) in [6.07, 6.45) is 0.719. The summed E-state index contributed by atoms with van der Waals surface area (Å²) in [5.41, 5.74) is -0.586. The number of rotatable bonds is 6. The number of nitriles is 1. The van der Waals surface area contributed by atoms with Crippen LogP contribution in [0.4, 0.5) is 18.9 Å². The minimum absolute atomic E-state index is 0.0828. The third kappa shape index (κ3) is 4.55. The van der Waals surface area contributed by atoms with Crippen LogP contribution in [0.5, 0.6) is 0 Å². The second kappa shape index (κ2) is 9.76. The van der Waals surface area contributed by atoms with Gasteiger partial charge in [0.1, 0.15) is 0 Å². The van der Waals surface area contributed by atoms with E-state index in [2.05, 4.69) is 5.32 Å². The molecule has 2 fully saturated rings. The highest BCUT2D eigenvalue weighted by atomic mass is 32.1. The maximum atomic E-state index is 13.6. The number of carbonyl (C=O) groups is 1. The molecule has 1 unspecified atom stereocenters. The van der Waals surface area contributed by atoms with Crippen molar-refractivity contribution in [3.8, 4) is 6.07 Å². The van der Waals surface area contributed by atoms with Crippen molar-refractivity contribution in [1.82, 2.24) is 10.2 Å². The maximum Gasteiger partial charge on any atom is 0.417 e. The minimum atomic E-state index is -4.72. The molecule has 2 N–H and O–H groups in total. The first-order valence-corrected chi connectivity index (χ1v) is 11.4. The molecular formula is C24H27F3N4O2S. The Balaban J connectivity index is 2.03. The number of amides is 1. The maximum absolute atomic E-state index is 13.6. The molecule has 6 nitrogen and oxygen atoms in total. The molecule has 1 aliphatic heterocycles. The van der Waals surface area contributed by atoms with Crippen LogP contribution in [0.3, 0.4) is 0 Å². The van der Waals surface area contributed by atoms with Crippen LogP contribution in [0.2, 0.25) is 0 Å². The lowest BCUT2D eigenvalue weighted by Gasteiger charge is -2.47. The van der Waals surface area contributed by atoms with Crippen molar-refractivity contribution in [2.75, 3.05) is 11.9 Å². The number of carbonyl (C=O) groups excluding carboxylic acids is 1. The lowest BCUT2D eigenvalue weighted by molar-refractivity contribution is -0.137. The van der Waals surface area contributed by atoms with E-state index in [9.17, 15) is 23.1 Å². The van der Waals surface area contributed by atoms with Crippen LogP contribution in [0.25, 0.3) is 0 Å². The Kier molecular flexibility index (Phi) is 7.38. The van der Waals surface area contributed by atoms with Crippen LogP contribution >= 0.6 is 12.2 Å². The first kappa shape index (κ1) is 25.7. The summed E-state index contributed by atoms with van der Waals surface area (Å²) >= 11 is 5.70. The fraction of sp³-hybridized carbons (Fsp3) is 0.458. The molecule has 10 heteroatoms. The molecule has 1 atom stereocenters. The zero-order valence-corrected chi connectivity index (χ0v) is 20.1. The van der Waals surface area contributed by atoms with Gasteiger partial charge in [-0.2, -0.15) is 18.4 Å². The topological polar surface area (TPSA) is 79.6 Å². The summed E-state index contributed by atoms with van der Waals surface area (Å²) in [5, 5.41) is 23.2. The van der Waals surface area contributed by atoms with E-state index in [-0.39, 0.29) is 23.1 Å². The molecule has 0 bridgehead atoms. The van der Waals surface area contributed by atoms with Gasteiger partial charge in [-0.05, 0) is 69.1 Å². The Bertz CT molecular complexity index is 1090. The van der Waals surface area contributed by atoms with Crippen molar-refractivity contribution >= 4 is 28.9 Å². The normalized spacial score (nSPS) is 20.4. The highest BCUT2D eigenvalue weighted by Crippen LogP contribution is 2.50. The molecule has 1 amide bonds. The second-order valence-electron chi connectivity index (χ2n) is 8.53. The van der Waals surface area contributed by atoms with Gasteiger partial charge in [0.15, 0.2) is 11.3 Å². The average molecular weight is 493 g/mol. The van der Waals surface area contributed by atoms with Gasteiger partial charge < -0.3 is 15.3 Å². The quantitative estimate of drug-likeness (QED) is 0.446. The molecule has 0 aromatic heterocycles. The van der Waals surface area contributed by atoms with Crippen molar-refractivity contribution < 1.29 is 23.1 Å². The van der Waals surface area contributed by atoms with Crippen molar-refractivity contribution in [1.29, 1.82) is 5.26 Å². The van der Waals surface area contributed by atoms with Gasteiger partial charge in [0.05, 0.1) is 22.7 Å². The number of benzene rings is 1. The van der Waals surface area contributed by atoms with Crippen LogP contribution in [0, 0.1) is 11.3 Å². The monoisotopic (exact) mass is 492 g/mol. The number of alkyl halides is 3. The number of nitrogens with one attached hydrogen (secondary N) is 1. The zero-order chi connectivity index (χ0) is 25.3.